The number of methoxy groups -OCH3 is 1. The Labute approximate surface area is 194 Å². The largest absolute Gasteiger partial charge is 0.496 e. The molecular weight excluding hydrogens is 423 g/mol. The lowest BCUT2D eigenvalue weighted by Gasteiger charge is -2.44. The molecule has 1 N–H and O–H groups in total. The number of nitrogens with zero attached hydrogens (tertiary/aromatic N) is 1. The molecule has 4 aliphatic heterocycles. The number of amides is 1. The van der Waals surface area contributed by atoms with E-state index in [1.807, 2.05) is 18.2 Å². The summed E-state index contributed by atoms with van der Waals surface area (Å²) in [6.45, 7) is 7.55. The van der Waals surface area contributed by atoms with Crippen LogP contribution in [0.1, 0.15) is 38.3 Å². The van der Waals surface area contributed by atoms with Gasteiger partial charge in [0, 0.05) is 17.5 Å². The van der Waals surface area contributed by atoms with Gasteiger partial charge in [-0.3, -0.25) is 4.90 Å². The van der Waals surface area contributed by atoms with Crippen molar-refractivity contribution in [2.45, 2.75) is 38.8 Å². The topological polar surface area (TPSA) is 60.0 Å². The SMILES string of the molecule is COc1cccc(F)c1-c1ccc2c(c1)OCC(C)(C)C2NC(=O)O[C@H]1CN2CCC1CC2. The minimum atomic E-state index is -0.389. The Morgan fingerprint density at radius 1 is 1.21 bits per heavy atom. The molecular formula is C26H31FN2O4. The summed E-state index contributed by atoms with van der Waals surface area (Å²) in [7, 11) is 1.52. The van der Waals surface area contributed by atoms with Crippen LogP contribution in [0.5, 0.6) is 11.5 Å². The van der Waals surface area contributed by atoms with Gasteiger partial charge in [0.15, 0.2) is 0 Å². The van der Waals surface area contributed by atoms with Crippen molar-refractivity contribution in [2.75, 3.05) is 33.4 Å². The van der Waals surface area contributed by atoms with E-state index >= 15 is 0 Å². The highest BCUT2D eigenvalue weighted by Gasteiger charge is 2.41. The summed E-state index contributed by atoms with van der Waals surface area (Å²) >= 11 is 0. The maximum Gasteiger partial charge on any atom is 0.407 e. The Kier molecular flexibility index (Phi) is 5.69. The molecule has 176 valence electrons. The van der Waals surface area contributed by atoms with Crippen LogP contribution >= 0.6 is 0 Å². The van der Waals surface area contributed by atoms with Crippen molar-refractivity contribution in [2.24, 2.45) is 11.3 Å². The molecule has 4 aliphatic rings. The fraction of sp³-hybridized carbons (Fsp3) is 0.500. The molecule has 33 heavy (non-hydrogen) atoms. The Morgan fingerprint density at radius 3 is 2.70 bits per heavy atom. The average Bonchev–Trinajstić information content (AvgIpc) is 2.81. The van der Waals surface area contributed by atoms with E-state index in [-0.39, 0.29) is 29.5 Å². The third kappa shape index (κ3) is 4.14. The fourth-order valence-corrected chi connectivity index (χ4v) is 5.38. The molecule has 0 radical (unpaired) electrons. The average molecular weight is 455 g/mol. The second-order valence-corrected chi connectivity index (χ2v) is 10.0. The van der Waals surface area contributed by atoms with Crippen molar-refractivity contribution in [3.63, 3.8) is 0 Å². The summed E-state index contributed by atoms with van der Waals surface area (Å²) in [5.74, 6) is 1.18. The van der Waals surface area contributed by atoms with E-state index in [0.29, 0.717) is 35.2 Å². The summed E-state index contributed by atoms with van der Waals surface area (Å²) in [5, 5.41) is 3.11. The second-order valence-electron chi connectivity index (χ2n) is 10.0. The van der Waals surface area contributed by atoms with Gasteiger partial charge in [-0.15, -0.1) is 0 Å². The summed E-state index contributed by atoms with van der Waals surface area (Å²) in [6.07, 6.45) is 1.74. The molecule has 3 fully saturated rings. The lowest BCUT2D eigenvalue weighted by Crippen LogP contribution is -2.53. The van der Waals surface area contributed by atoms with Crippen LogP contribution in [0.15, 0.2) is 36.4 Å². The Balaban J connectivity index is 1.39. The smallest absolute Gasteiger partial charge is 0.407 e. The third-order valence-electron chi connectivity index (χ3n) is 7.31. The molecule has 2 bridgehead atoms. The molecule has 0 saturated carbocycles. The van der Waals surface area contributed by atoms with Crippen LogP contribution in [-0.2, 0) is 4.74 Å². The standard InChI is InChI=1S/C26H31FN2O4/c1-26(2)15-32-21-13-17(23-19(27)5-4-6-20(23)31-3)7-8-18(21)24(26)28-25(30)33-22-14-29-11-9-16(22)10-12-29/h4-8,13,16,22,24H,9-12,14-15H2,1-3H3,(H,28,30)/t22-,24?/m0/s1. The van der Waals surface area contributed by atoms with Gasteiger partial charge in [-0.25, -0.2) is 9.18 Å². The number of rotatable bonds is 4. The molecule has 6 nitrogen and oxygen atoms in total. The number of halogens is 1. The van der Waals surface area contributed by atoms with Gasteiger partial charge in [-0.1, -0.05) is 32.0 Å². The van der Waals surface area contributed by atoms with Crippen molar-refractivity contribution in [1.82, 2.24) is 10.2 Å². The van der Waals surface area contributed by atoms with Gasteiger partial charge in [0.2, 0.25) is 0 Å². The Bertz CT molecular complexity index is 1050. The molecule has 1 amide bonds. The van der Waals surface area contributed by atoms with Gasteiger partial charge in [0.05, 0.1) is 25.3 Å². The van der Waals surface area contributed by atoms with E-state index in [4.69, 9.17) is 14.2 Å². The predicted octanol–water partition coefficient (Wildman–Crippen LogP) is 4.78. The van der Waals surface area contributed by atoms with Crippen LogP contribution < -0.4 is 14.8 Å². The van der Waals surface area contributed by atoms with Crippen LogP contribution in [-0.4, -0.2) is 50.4 Å². The molecule has 0 spiro atoms. The number of nitrogens with one attached hydrogen (secondary N) is 1. The van der Waals surface area contributed by atoms with Gasteiger partial charge in [-0.2, -0.15) is 0 Å². The predicted molar refractivity (Wildman–Crippen MR) is 123 cm³/mol. The zero-order chi connectivity index (χ0) is 23.2. The highest BCUT2D eigenvalue weighted by Crippen LogP contribution is 2.45. The first kappa shape index (κ1) is 22.0. The van der Waals surface area contributed by atoms with E-state index in [1.165, 1.54) is 13.2 Å². The van der Waals surface area contributed by atoms with E-state index in [0.717, 1.165) is 38.0 Å². The van der Waals surface area contributed by atoms with Crippen LogP contribution in [0.25, 0.3) is 11.1 Å². The minimum absolute atomic E-state index is 0.0502. The number of fused-ring (bicyclic) bond motifs is 4. The Morgan fingerprint density at radius 2 is 2.00 bits per heavy atom. The van der Waals surface area contributed by atoms with Gasteiger partial charge in [-0.05, 0) is 55.6 Å². The Hall–Kier alpha value is -2.80. The van der Waals surface area contributed by atoms with E-state index < -0.39 is 0 Å². The van der Waals surface area contributed by atoms with Crippen molar-refractivity contribution in [3.05, 3.63) is 47.8 Å². The monoisotopic (exact) mass is 454 g/mol. The molecule has 0 aliphatic carbocycles. The maximum atomic E-state index is 14.6. The lowest BCUT2D eigenvalue weighted by molar-refractivity contribution is -0.0361. The fourth-order valence-electron chi connectivity index (χ4n) is 5.38. The highest BCUT2D eigenvalue weighted by molar-refractivity contribution is 5.74. The van der Waals surface area contributed by atoms with Crippen molar-refractivity contribution >= 4 is 6.09 Å². The first-order chi connectivity index (χ1) is 15.9. The quantitative estimate of drug-likeness (QED) is 0.721. The van der Waals surface area contributed by atoms with Gasteiger partial charge in [0.25, 0.3) is 0 Å². The van der Waals surface area contributed by atoms with Crippen molar-refractivity contribution in [3.8, 4) is 22.6 Å². The lowest BCUT2D eigenvalue weighted by atomic mass is 9.78. The molecule has 2 aromatic carbocycles. The number of alkyl carbamates (subject to hydrolysis) is 1. The molecule has 0 aromatic heterocycles. The van der Waals surface area contributed by atoms with E-state index in [1.54, 1.807) is 12.1 Å². The van der Waals surface area contributed by atoms with Gasteiger partial charge >= 0.3 is 6.09 Å². The zero-order valence-electron chi connectivity index (χ0n) is 19.4. The number of ether oxygens (including phenoxy) is 3. The molecule has 2 atom stereocenters. The third-order valence-corrected chi connectivity index (χ3v) is 7.31. The molecule has 6 rings (SSSR count). The molecule has 2 aromatic rings. The van der Waals surface area contributed by atoms with Crippen LogP contribution in [0, 0.1) is 17.2 Å². The first-order valence-corrected chi connectivity index (χ1v) is 11.6. The summed E-state index contributed by atoms with van der Waals surface area (Å²) in [6, 6.07) is 10.0. The number of hydrogen-bond acceptors (Lipinski definition) is 5. The molecule has 3 saturated heterocycles. The number of hydrogen-bond donors (Lipinski definition) is 1. The number of carbonyl (C=O) groups excluding carboxylic acids is 1. The summed E-state index contributed by atoms with van der Waals surface area (Å²) < 4.78 is 31.9. The molecule has 4 heterocycles. The number of benzene rings is 2. The van der Waals surface area contributed by atoms with E-state index in [2.05, 4.69) is 24.1 Å². The first-order valence-electron chi connectivity index (χ1n) is 11.6. The zero-order valence-corrected chi connectivity index (χ0v) is 19.4. The maximum absolute atomic E-state index is 14.6. The highest BCUT2D eigenvalue weighted by atomic mass is 19.1. The number of carbonyl (C=O) groups is 1. The van der Waals surface area contributed by atoms with Crippen molar-refractivity contribution in [1.29, 1.82) is 0 Å². The van der Waals surface area contributed by atoms with E-state index in [9.17, 15) is 9.18 Å². The molecule has 1 unspecified atom stereocenters. The van der Waals surface area contributed by atoms with Crippen LogP contribution in [0.3, 0.4) is 0 Å². The number of piperidine rings is 3. The van der Waals surface area contributed by atoms with Gasteiger partial charge in [0.1, 0.15) is 23.4 Å². The van der Waals surface area contributed by atoms with Gasteiger partial charge < -0.3 is 19.5 Å². The minimum Gasteiger partial charge on any atom is -0.496 e. The molecule has 7 heteroatoms. The normalized spacial score (nSPS) is 27.3. The summed E-state index contributed by atoms with van der Waals surface area (Å²) in [4.78, 5) is 15.3. The second kappa shape index (κ2) is 8.52. The van der Waals surface area contributed by atoms with Crippen molar-refractivity contribution < 1.29 is 23.4 Å². The van der Waals surface area contributed by atoms with Crippen LogP contribution in [0.4, 0.5) is 9.18 Å². The van der Waals surface area contributed by atoms with Crippen LogP contribution in [0.2, 0.25) is 0 Å². The summed E-state index contributed by atoms with van der Waals surface area (Å²) in [5.41, 5.74) is 1.58.